The smallest absolute Gasteiger partial charge is 0.289 e. The van der Waals surface area contributed by atoms with E-state index in [2.05, 4.69) is 4.90 Å². The molecule has 1 aromatic heterocycles. The van der Waals surface area contributed by atoms with Gasteiger partial charge in [0.15, 0.2) is 17.4 Å². The van der Waals surface area contributed by atoms with Crippen molar-refractivity contribution in [3.8, 4) is 0 Å². The molecule has 6 heteroatoms. The van der Waals surface area contributed by atoms with Gasteiger partial charge in [-0.25, -0.2) is 8.78 Å². The Hall–Kier alpha value is -2.21. The molecule has 1 aromatic carbocycles. The Labute approximate surface area is 164 Å². The van der Waals surface area contributed by atoms with Crippen molar-refractivity contribution in [1.82, 2.24) is 9.80 Å². The zero-order valence-corrected chi connectivity index (χ0v) is 16.2. The van der Waals surface area contributed by atoms with Crippen molar-refractivity contribution in [3.05, 3.63) is 59.1 Å². The minimum atomic E-state index is -0.783. The van der Waals surface area contributed by atoms with Crippen LogP contribution in [-0.4, -0.2) is 41.9 Å². The van der Waals surface area contributed by atoms with Crippen LogP contribution < -0.4 is 0 Å². The zero-order valence-electron chi connectivity index (χ0n) is 16.2. The van der Waals surface area contributed by atoms with Crippen LogP contribution in [0.5, 0.6) is 0 Å². The second-order valence-electron chi connectivity index (χ2n) is 8.06. The van der Waals surface area contributed by atoms with E-state index in [9.17, 15) is 13.6 Å². The van der Waals surface area contributed by atoms with Gasteiger partial charge in [-0.1, -0.05) is 12.1 Å². The van der Waals surface area contributed by atoms with Gasteiger partial charge >= 0.3 is 0 Å². The summed E-state index contributed by atoms with van der Waals surface area (Å²) in [4.78, 5) is 16.7. The molecule has 0 N–H and O–H groups in total. The molecule has 28 heavy (non-hydrogen) atoms. The van der Waals surface area contributed by atoms with E-state index in [0.717, 1.165) is 57.1 Å². The molecule has 2 fully saturated rings. The molecular weight excluding hydrogens is 362 g/mol. The third kappa shape index (κ3) is 3.83. The number of hydrogen-bond acceptors (Lipinski definition) is 3. The average Bonchev–Trinajstić information content (AvgIpc) is 3.35. The fourth-order valence-electron chi connectivity index (χ4n) is 4.59. The van der Waals surface area contributed by atoms with Crippen LogP contribution in [0.2, 0.25) is 0 Å². The fourth-order valence-corrected chi connectivity index (χ4v) is 4.59. The highest BCUT2D eigenvalue weighted by molar-refractivity contribution is 5.93. The monoisotopic (exact) mass is 388 g/mol. The van der Waals surface area contributed by atoms with Crippen molar-refractivity contribution >= 4 is 5.91 Å². The lowest BCUT2D eigenvalue weighted by Crippen LogP contribution is -2.37. The van der Waals surface area contributed by atoms with Crippen molar-refractivity contribution in [1.29, 1.82) is 0 Å². The lowest BCUT2D eigenvalue weighted by atomic mass is 9.83. The fraction of sp³-hybridized carbons (Fsp3) is 0.500. The maximum Gasteiger partial charge on any atom is 0.289 e. The minimum absolute atomic E-state index is 0.0102. The van der Waals surface area contributed by atoms with Gasteiger partial charge in [-0.05, 0) is 63.2 Å². The number of likely N-dealkylation sites (tertiary alicyclic amines) is 2. The van der Waals surface area contributed by atoms with Crippen molar-refractivity contribution in [2.45, 2.75) is 32.7 Å². The van der Waals surface area contributed by atoms with Crippen LogP contribution in [0.4, 0.5) is 8.78 Å². The largest absolute Gasteiger partial charge is 0.459 e. The van der Waals surface area contributed by atoms with Crippen LogP contribution in [0.3, 0.4) is 0 Å². The number of nitrogens with zero attached hydrogens (tertiary/aromatic N) is 2. The number of halogens is 2. The van der Waals surface area contributed by atoms with Gasteiger partial charge < -0.3 is 9.32 Å². The highest BCUT2D eigenvalue weighted by Crippen LogP contribution is 2.33. The molecule has 4 nitrogen and oxygen atoms in total. The quantitative estimate of drug-likeness (QED) is 0.786. The molecule has 0 aliphatic carbocycles. The van der Waals surface area contributed by atoms with E-state index in [1.165, 1.54) is 0 Å². The lowest BCUT2D eigenvalue weighted by molar-refractivity contribution is 0.0740. The predicted octanol–water partition coefficient (Wildman–Crippen LogP) is 4.24. The van der Waals surface area contributed by atoms with Crippen molar-refractivity contribution in [2.24, 2.45) is 11.8 Å². The average molecular weight is 388 g/mol. The van der Waals surface area contributed by atoms with Gasteiger partial charge in [0.25, 0.3) is 5.91 Å². The summed E-state index contributed by atoms with van der Waals surface area (Å²) >= 11 is 0. The molecule has 0 bridgehead atoms. The van der Waals surface area contributed by atoms with Gasteiger partial charge in [0.1, 0.15) is 0 Å². The first-order valence-corrected chi connectivity index (χ1v) is 10.0. The molecule has 1 unspecified atom stereocenters. The SMILES string of the molecule is Cc1ccoc1C(=O)N1CCC(C2CCN(Cc3cccc(F)c3F)CC2)C1. The van der Waals surface area contributed by atoms with Crippen LogP contribution in [0, 0.1) is 30.4 Å². The lowest BCUT2D eigenvalue weighted by Gasteiger charge is -2.34. The molecular formula is C22H26F2N2O2. The Morgan fingerprint density at radius 1 is 1.11 bits per heavy atom. The van der Waals surface area contributed by atoms with Crippen molar-refractivity contribution < 1.29 is 18.0 Å². The highest BCUT2D eigenvalue weighted by Gasteiger charge is 2.35. The molecule has 1 atom stereocenters. The summed E-state index contributed by atoms with van der Waals surface area (Å²) in [5.74, 6) is 0.00525. The topological polar surface area (TPSA) is 36.7 Å². The summed E-state index contributed by atoms with van der Waals surface area (Å²) in [5.41, 5.74) is 1.30. The number of aryl methyl sites for hydroxylation is 1. The number of rotatable bonds is 4. The molecule has 0 saturated carbocycles. The standard InChI is InChI=1S/C22H26F2N2O2/c1-15-8-12-28-21(15)22(27)26-11-7-17(14-26)16-5-9-25(10-6-16)13-18-3-2-4-19(23)20(18)24/h2-4,8,12,16-17H,5-7,9-11,13-14H2,1H3. The number of piperidine rings is 1. The number of furan rings is 1. The summed E-state index contributed by atoms with van der Waals surface area (Å²) in [7, 11) is 0. The van der Waals surface area contributed by atoms with E-state index in [-0.39, 0.29) is 5.91 Å². The normalized spacial score (nSPS) is 21.4. The summed E-state index contributed by atoms with van der Waals surface area (Å²) in [5, 5.41) is 0. The first-order chi connectivity index (χ1) is 13.5. The van der Waals surface area contributed by atoms with Crippen LogP contribution in [0.25, 0.3) is 0 Å². The number of carbonyl (C=O) groups is 1. The van der Waals surface area contributed by atoms with Gasteiger partial charge in [-0.3, -0.25) is 9.69 Å². The van der Waals surface area contributed by atoms with E-state index >= 15 is 0 Å². The van der Waals surface area contributed by atoms with Gasteiger partial charge in [-0.2, -0.15) is 0 Å². The Morgan fingerprint density at radius 2 is 1.86 bits per heavy atom. The highest BCUT2D eigenvalue weighted by atomic mass is 19.2. The van der Waals surface area contributed by atoms with Crippen LogP contribution in [-0.2, 0) is 6.54 Å². The first kappa shape index (κ1) is 19.1. The summed E-state index contributed by atoms with van der Waals surface area (Å²) in [6.07, 6.45) is 4.65. The molecule has 2 aliphatic heterocycles. The Kier molecular flexibility index (Phi) is 5.49. The molecule has 0 radical (unpaired) electrons. The number of benzene rings is 1. The van der Waals surface area contributed by atoms with Crippen LogP contribution in [0.15, 0.2) is 34.9 Å². The summed E-state index contributed by atoms with van der Waals surface area (Å²) < 4.78 is 32.6. The molecule has 3 heterocycles. The van der Waals surface area contributed by atoms with Gasteiger partial charge in [-0.15, -0.1) is 0 Å². The second-order valence-corrected chi connectivity index (χ2v) is 8.06. The third-order valence-corrected chi connectivity index (χ3v) is 6.29. The number of amides is 1. The molecule has 2 aliphatic rings. The maximum atomic E-state index is 13.9. The van der Waals surface area contributed by atoms with Gasteiger partial charge in [0, 0.05) is 30.8 Å². The second kappa shape index (κ2) is 8.03. The van der Waals surface area contributed by atoms with Gasteiger partial charge in [0.2, 0.25) is 0 Å². The number of carbonyl (C=O) groups excluding carboxylic acids is 1. The molecule has 150 valence electrons. The van der Waals surface area contributed by atoms with E-state index < -0.39 is 11.6 Å². The Balaban J connectivity index is 1.29. The Bertz CT molecular complexity index is 843. The summed E-state index contributed by atoms with van der Waals surface area (Å²) in [6, 6.07) is 6.19. The number of hydrogen-bond donors (Lipinski definition) is 0. The van der Waals surface area contributed by atoms with Crippen molar-refractivity contribution in [2.75, 3.05) is 26.2 Å². The van der Waals surface area contributed by atoms with E-state index in [1.54, 1.807) is 18.4 Å². The molecule has 4 rings (SSSR count). The first-order valence-electron chi connectivity index (χ1n) is 10.0. The van der Waals surface area contributed by atoms with Gasteiger partial charge in [0.05, 0.1) is 6.26 Å². The van der Waals surface area contributed by atoms with E-state index in [0.29, 0.717) is 29.7 Å². The summed E-state index contributed by atoms with van der Waals surface area (Å²) in [6.45, 7) is 5.65. The van der Waals surface area contributed by atoms with E-state index in [1.807, 2.05) is 17.9 Å². The van der Waals surface area contributed by atoms with Crippen molar-refractivity contribution in [3.63, 3.8) is 0 Å². The van der Waals surface area contributed by atoms with E-state index in [4.69, 9.17) is 4.42 Å². The Morgan fingerprint density at radius 3 is 2.57 bits per heavy atom. The molecule has 1 amide bonds. The predicted molar refractivity (Wildman–Crippen MR) is 102 cm³/mol. The van der Waals surface area contributed by atoms with Crippen LogP contribution >= 0.6 is 0 Å². The molecule has 2 saturated heterocycles. The minimum Gasteiger partial charge on any atom is -0.459 e. The molecule has 0 spiro atoms. The molecule has 2 aromatic rings. The maximum absolute atomic E-state index is 13.9. The third-order valence-electron chi connectivity index (χ3n) is 6.29. The zero-order chi connectivity index (χ0) is 19.7. The van der Waals surface area contributed by atoms with Crippen LogP contribution in [0.1, 0.15) is 40.9 Å².